The molecule has 2 rings (SSSR count). The van der Waals surface area contributed by atoms with Crippen LogP contribution >= 0.6 is 10.7 Å². The van der Waals surface area contributed by atoms with Gasteiger partial charge in [-0.25, -0.2) is 22.2 Å². The molecule has 8 heteroatoms. The van der Waals surface area contributed by atoms with Crippen molar-refractivity contribution in [2.45, 2.75) is 11.3 Å². The Morgan fingerprint density at radius 1 is 1.38 bits per heavy atom. The smallest absolute Gasteiger partial charge is 0.265 e. The van der Waals surface area contributed by atoms with Gasteiger partial charge in [0.2, 0.25) is 0 Å². The summed E-state index contributed by atoms with van der Waals surface area (Å²) in [6.45, 7) is 0. The summed E-state index contributed by atoms with van der Waals surface area (Å²) in [5.74, 6) is 0. The van der Waals surface area contributed by atoms with Crippen molar-refractivity contribution in [1.82, 2.24) is 9.97 Å². The second kappa shape index (κ2) is 3.67. The molecular formula is C8H5ClF2N2O2S. The Kier molecular flexibility index (Phi) is 2.59. The van der Waals surface area contributed by atoms with E-state index in [4.69, 9.17) is 10.7 Å². The molecule has 16 heavy (non-hydrogen) atoms. The van der Waals surface area contributed by atoms with E-state index >= 15 is 0 Å². The average molecular weight is 267 g/mol. The molecule has 0 saturated carbocycles. The van der Waals surface area contributed by atoms with Crippen LogP contribution in [0.1, 0.15) is 12.0 Å². The maximum atomic E-state index is 12.6. The van der Waals surface area contributed by atoms with Gasteiger partial charge in [-0.1, -0.05) is 0 Å². The summed E-state index contributed by atoms with van der Waals surface area (Å²) in [6.07, 6.45) is -1.64. The van der Waals surface area contributed by atoms with Gasteiger partial charge in [0.1, 0.15) is 0 Å². The van der Waals surface area contributed by atoms with Crippen LogP contribution in [0.15, 0.2) is 23.4 Å². The maximum Gasteiger partial charge on any atom is 0.265 e. The summed E-state index contributed by atoms with van der Waals surface area (Å²) in [6, 6.07) is 2.05. The summed E-state index contributed by atoms with van der Waals surface area (Å²) in [7, 11) is 0.867. The number of nitrogens with one attached hydrogen (secondary N) is 1. The molecule has 2 aromatic rings. The minimum absolute atomic E-state index is 0.267. The monoisotopic (exact) mass is 266 g/mol. The lowest BCUT2D eigenvalue weighted by Crippen LogP contribution is -1.98. The first-order chi connectivity index (χ1) is 7.39. The van der Waals surface area contributed by atoms with Gasteiger partial charge in [-0.05, 0) is 12.1 Å². The molecule has 0 amide bonds. The van der Waals surface area contributed by atoms with E-state index in [-0.39, 0.29) is 5.52 Å². The lowest BCUT2D eigenvalue weighted by atomic mass is 10.2. The molecule has 0 aliphatic rings. The van der Waals surface area contributed by atoms with Crippen molar-refractivity contribution >= 4 is 30.8 Å². The van der Waals surface area contributed by atoms with Crippen molar-refractivity contribution in [1.29, 1.82) is 0 Å². The third-order valence-corrected chi connectivity index (χ3v) is 3.43. The molecule has 1 aromatic heterocycles. The van der Waals surface area contributed by atoms with Gasteiger partial charge in [0, 0.05) is 16.2 Å². The first-order valence-corrected chi connectivity index (χ1v) is 6.40. The molecule has 1 heterocycles. The summed E-state index contributed by atoms with van der Waals surface area (Å²) >= 11 is 0. The third kappa shape index (κ3) is 1.88. The summed E-state index contributed by atoms with van der Waals surface area (Å²) < 4.78 is 47.5. The van der Waals surface area contributed by atoms with Crippen molar-refractivity contribution in [3.63, 3.8) is 0 Å². The molecule has 1 aromatic carbocycles. The van der Waals surface area contributed by atoms with Crippen LogP contribution in [-0.2, 0) is 9.05 Å². The number of nitrogens with zero attached hydrogens (tertiary/aromatic N) is 1. The number of alkyl halides is 2. The fraction of sp³-hybridized carbons (Fsp3) is 0.125. The van der Waals surface area contributed by atoms with Crippen LogP contribution < -0.4 is 0 Å². The van der Waals surface area contributed by atoms with E-state index in [0.717, 1.165) is 12.1 Å². The van der Waals surface area contributed by atoms with Crippen LogP contribution in [0.25, 0.3) is 11.0 Å². The van der Waals surface area contributed by atoms with Crippen LogP contribution in [0.3, 0.4) is 0 Å². The van der Waals surface area contributed by atoms with Gasteiger partial charge < -0.3 is 4.98 Å². The minimum Gasteiger partial charge on any atom is -0.345 e. The fourth-order valence-corrected chi connectivity index (χ4v) is 2.44. The van der Waals surface area contributed by atoms with Crippen LogP contribution in [-0.4, -0.2) is 18.4 Å². The van der Waals surface area contributed by atoms with Gasteiger partial charge in [-0.2, -0.15) is 0 Å². The van der Waals surface area contributed by atoms with Crippen molar-refractivity contribution in [3.05, 3.63) is 24.0 Å². The van der Waals surface area contributed by atoms with Crippen LogP contribution in [0.5, 0.6) is 0 Å². The summed E-state index contributed by atoms with van der Waals surface area (Å²) in [5.41, 5.74) is -0.0326. The molecule has 0 fully saturated rings. The lowest BCUT2D eigenvalue weighted by molar-refractivity contribution is 0.148. The zero-order valence-electron chi connectivity index (χ0n) is 7.62. The number of aromatic nitrogens is 2. The molecular weight excluding hydrogens is 262 g/mol. The number of hydrogen-bond donors (Lipinski definition) is 1. The van der Waals surface area contributed by atoms with Gasteiger partial charge in [0.05, 0.1) is 22.3 Å². The molecule has 0 aliphatic carbocycles. The number of H-pyrrole nitrogens is 1. The Balaban J connectivity index is 2.83. The molecule has 0 saturated heterocycles. The topological polar surface area (TPSA) is 62.8 Å². The number of aromatic amines is 1. The SMILES string of the molecule is O=S(=O)(Cl)c1cc2nc[nH]c2cc1C(F)F. The Morgan fingerprint density at radius 2 is 2.06 bits per heavy atom. The highest BCUT2D eigenvalue weighted by Gasteiger charge is 2.23. The molecule has 1 N–H and O–H groups in total. The number of fused-ring (bicyclic) bond motifs is 1. The highest BCUT2D eigenvalue weighted by Crippen LogP contribution is 2.31. The number of imidazole rings is 1. The molecule has 86 valence electrons. The second-order valence-electron chi connectivity index (χ2n) is 3.05. The van der Waals surface area contributed by atoms with E-state index in [2.05, 4.69) is 9.97 Å². The van der Waals surface area contributed by atoms with Gasteiger partial charge in [-0.3, -0.25) is 0 Å². The van der Waals surface area contributed by atoms with Crippen LogP contribution in [0.4, 0.5) is 8.78 Å². The Bertz CT molecular complexity index is 639. The molecule has 0 unspecified atom stereocenters. The largest absolute Gasteiger partial charge is 0.345 e. The first kappa shape index (κ1) is 11.3. The summed E-state index contributed by atoms with van der Waals surface area (Å²) in [4.78, 5) is 5.77. The van der Waals surface area contributed by atoms with Gasteiger partial charge in [0.15, 0.2) is 0 Å². The number of benzene rings is 1. The molecule has 0 aliphatic heterocycles. The third-order valence-electron chi connectivity index (χ3n) is 2.05. The van der Waals surface area contributed by atoms with E-state index in [1.165, 1.54) is 6.33 Å². The van der Waals surface area contributed by atoms with Gasteiger partial charge in [0.25, 0.3) is 15.5 Å². The Labute approximate surface area is 93.7 Å². The quantitative estimate of drug-likeness (QED) is 0.849. The average Bonchev–Trinajstić information content (AvgIpc) is 2.60. The summed E-state index contributed by atoms with van der Waals surface area (Å²) in [5, 5.41) is 0. The van der Waals surface area contributed by atoms with Crippen LogP contribution in [0.2, 0.25) is 0 Å². The number of rotatable bonds is 2. The fourth-order valence-electron chi connectivity index (χ4n) is 1.36. The van der Waals surface area contributed by atoms with E-state index in [9.17, 15) is 17.2 Å². The van der Waals surface area contributed by atoms with Gasteiger partial charge >= 0.3 is 0 Å². The second-order valence-corrected chi connectivity index (χ2v) is 5.58. The normalized spacial score (nSPS) is 12.5. The molecule has 0 spiro atoms. The Morgan fingerprint density at radius 3 is 2.62 bits per heavy atom. The zero-order valence-corrected chi connectivity index (χ0v) is 9.19. The van der Waals surface area contributed by atoms with E-state index < -0.39 is 25.9 Å². The van der Waals surface area contributed by atoms with Crippen molar-refractivity contribution in [2.75, 3.05) is 0 Å². The van der Waals surface area contributed by atoms with Gasteiger partial charge in [-0.15, -0.1) is 0 Å². The standard InChI is InChI=1S/C8H5ClF2N2O2S/c9-16(14,15)7-2-6-5(12-3-13-6)1-4(7)8(10)11/h1-3,8H,(H,12,13). The van der Waals surface area contributed by atoms with E-state index in [0.29, 0.717) is 5.52 Å². The minimum atomic E-state index is -4.21. The lowest BCUT2D eigenvalue weighted by Gasteiger charge is -2.05. The number of hydrogen-bond acceptors (Lipinski definition) is 3. The molecule has 4 nitrogen and oxygen atoms in total. The molecule has 0 atom stereocenters. The van der Waals surface area contributed by atoms with E-state index in [1.807, 2.05) is 0 Å². The van der Waals surface area contributed by atoms with Crippen molar-refractivity contribution < 1.29 is 17.2 Å². The predicted molar refractivity (Wildman–Crippen MR) is 54.1 cm³/mol. The predicted octanol–water partition coefficient (Wildman–Crippen LogP) is 2.43. The highest BCUT2D eigenvalue weighted by molar-refractivity contribution is 8.13. The van der Waals surface area contributed by atoms with Crippen LogP contribution in [0, 0.1) is 0 Å². The molecule has 0 radical (unpaired) electrons. The zero-order chi connectivity index (χ0) is 11.9. The number of halogens is 3. The van der Waals surface area contributed by atoms with E-state index in [1.54, 1.807) is 0 Å². The van der Waals surface area contributed by atoms with Crippen molar-refractivity contribution in [2.24, 2.45) is 0 Å². The molecule has 0 bridgehead atoms. The highest BCUT2D eigenvalue weighted by atomic mass is 35.7. The maximum absolute atomic E-state index is 12.6. The van der Waals surface area contributed by atoms with Crippen molar-refractivity contribution in [3.8, 4) is 0 Å². The first-order valence-electron chi connectivity index (χ1n) is 4.09. The Hall–Kier alpha value is -1.21.